The van der Waals surface area contributed by atoms with E-state index in [0.29, 0.717) is 6.04 Å². The molecule has 0 aromatic carbocycles. The van der Waals surface area contributed by atoms with Crippen molar-refractivity contribution in [3.63, 3.8) is 0 Å². The first kappa shape index (κ1) is 12.6. The average molecular weight is 236 g/mol. The summed E-state index contributed by atoms with van der Waals surface area (Å²) in [5, 5.41) is 10.7. The van der Waals surface area contributed by atoms with Gasteiger partial charge in [-0.15, -0.1) is 0 Å². The highest BCUT2D eigenvalue weighted by Gasteiger charge is 2.15. The summed E-state index contributed by atoms with van der Waals surface area (Å²) >= 11 is 0. The van der Waals surface area contributed by atoms with Crippen molar-refractivity contribution in [2.45, 2.75) is 38.6 Å². The van der Waals surface area contributed by atoms with Crippen molar-refractivity contribution in [3.05, 3.63) is 17.5 Å². The Morgan fingerprint density at radius 3 is 3.18 bits per heavy atom. The maximum absolute atomic E-state index is 4.05. The number of nitrogens with zero attached hydrogens (tertiary/aromatic N) is 2. The molecule has 17 heavy (non-hydrogen) atoms. The fourth-order valence-electron chi connectivity index (χ4n) is 2.55. The summed E-state index contributed by atoms with van der Waals surface area (Å²) in [6.07, 6.45) is 6.92. The highest BCUT2D eigenvalue weighted by Crippen LogP contribution is 2.09. The van der Waals surface area contributed by atoms with Crippen molar-refractivity contribution < 1.29 is 0 Å². The minimum absolute atomic E-state index is 0.694. The molecular formula is C13H24N4. The van der Waals surface area contributed by atoms with Crippen LogP contribution in [0.2, 0.25) is 0 Å². The van der Waals surface area contributed by atoms with Gasteiger partial charge < -0.3 is 10.2 Å². The van der Waals surface area contributed by atoms with E-state index in [1.54, 1.807) is 0 Å². The molecule has 2 heterocycles. The third-order valence-corrected chi connectivity index (χ3v) is 3.61. The van der Waals surface area contributed by atoms with Crippen LogP contribution in [0.25, 0.3) is 0 Å². The van der Waals surface area contributed by atoms with E-state index in [4.69, 9.17) is 0 Å². The van der Waals surface area contributed by atoms with Crippen LogP contribution >= 0.6 is 0 Å². The number of likely N-dealkylation sites (tertiary alicyclic amines) is 1. The van der Waals surface area contributed by atoms with Gasteiger partial charge in [0.15, 0.2) is 0 Å². The van der Waals surface area contributed by atoms with Gasteiger partial charge in [0, 0.05) is 18.3 Å². The zero-order chi connectivity index (χ0) is 12.1. The number of likely N-dealkylation sites (N-methyl/N-ethyl adjacent to an activating group) is 1. The van der Waals surface area contributed by atoms with Crippen LogP contribution in [-0.4, -0.2) is 47.8 Å². The first-order valence-corrected chi connectivity index (χ1v) is 6.66. The molecule has 0 saturated carbocycles. The van der Waals surface area contributed by atoms with E-state index >= 15 is 0 Å². The molecule has 0 amide bonds. The first-order valence-electron chi connectivity index (χ1n) is 6.66. The summed E-state index contributed by atoms with van der Waals surface area (Å²) in [6.45, 7) is 5.66. The summed E-state index contributed by atoms with van der Waals surface area (Å²) in [6, 6.07) is 0.694. The molecule has 1 atom stereocenters. The lowest BCUT2D eigenvalue weighted by Gasteiger charge is -2.30. The van der Waals surface area contributed by atoms with Gasteiger partial charge in [0.05, 0.1) is 6.20 Å². The Balaban J connectivity index is 1.61. The Kier molecular flexibility index (Phi) is 4.57. The lowest BCUT2D eigenvalue weighted by Crippen LogP contribution is -2.44. The van der Waals surface area contributed by atoms with Gasteiger partial charge in [0.25, 0.3) is 0 Å². The van der Waals surface area contributed by atoms with Crippen LogP contribution in [0.5, 0.6) is 0 Å². The van der Waals surface area contributed by atoms with Crippen molar-refractivity contribution in [1.29, 1.82) is 0 Å². The quantitative estimate of drug-likeness (QED) is 0.758. The molecule has 0 spiro atoms. The van der Waals surface area contributed by atoms with E-state index in [9.17, 15) is 0 Å². The zero-order valence-corrected chi connectivity index (χ0v) is 11.0. The molecule has 1 aliphatic heterocycles. The van der Waals surface area contributed by atoms with Crippen LogP contribution in [0.15, 0.2) is 6.20 Å². The minimum Gasteiger partial charge on any atom is -0.313 e. The monoisotopic (exact) mass is 236 g/mol. The van der Waals surface area contributed by atoms with E-state index in [1.165, 1.54) is 43.6 Å². The van der Waals surface area contributed by atoms with Crippen LogP contribution in [0.1, 0.15) is 30.5 Å². The molecule has 0 aliphatic carbocycles. The van der Waals surface area contributed by atoms with Crippen LogP contribution in [0.3, 0.4) is 0 Å². The van der Waals surface area contributed by atoms with Gasteiger partial charge in [0.1, 0.15) is 0 Å². The van der Waals surface area contributed by atoms with Gasteiger partial charge in [-0.05, 0) is 58.3 Å². The fourth-order valence-corrected chi connectivity index (χ4v) is 2.55. The zero-order valence-electron chi connectivity index (χ0n) is 11.0. The van der Waals surface area contributed by atoms with Gasteiger partial charge in [-0.2, -0.15) is 5.10 Å². The summed E-state index contributed by atoms with van der Waals surface area (Å²) in [5.41, 5.74) is 2.56. The molecule has 1 aromatic rings. The highest BCUT2D eigenvalue weighted by molar-refractivity contribution is 5.14. The van der Waals surface area contributed by atoms with Crippen LogP contribution in [-0.2, 0) is 6.42 Å². The minimum atomic E-state index is 0.694. The van der Waals surface area contributed by atoms with Crippen LogP contribution < -0.4 is 5.32 Å². The summed E-state index contributed by atoms with van der Waals surface area (Å²) in [4.78, 5) is 2.42. The van der Waals surface area contributed by atoms with Crippen molar-refractivity contribution in [1.82, 2.24) is 20.4 Å². The number of aromatic nitrogens is 2. The number of aromatic amines is 1. The van der Waals surface area contributed by atoms with Crippen LogP contribution in [0.4, 0.5) is 0 Å². The Morgan fingerprint density at radius 2 is 2.47 bits per heavy atom. The smallest absolute Gasteiger partial charge is 0.0522 e. The van der Waals surface area contributed by atoms with Gasteiger partial charge >= 0.3 is 0 Å². The second kappa shape index (κ2) is 6.17. The van der Waals surface area contributed by atoms with Crippen LogP contribution in [0, 0.1) is 6.92 Å². The number of H-pyrrole nitrogens is 1. The number of piperidine rings is 1. The Bertz CT molecular complexity index is 334. The van der Waals surface area contributed by atoms with E-state index in [0.717, 1.165) is 13.0 Å². The number of hydrogen-bond donors (Lipinski definition) is 2. The van der Waals surface area contributed by atoms with Crippen molar-refractivity contribution in [2.75, 3.05) is 26.7 Å². The topological polar surface area (TPSA) is 44.0 Å². The lowest BCUT2D eigenvalue weighted by molar-refractivity contribution is 0.227. The molecule has 96 valence electrons. The Labute approximate surface area is 104 Å². The molecule has 1 aromatic heterocycles. The summed E-state index contributed by atoms with van der Waals surface area (Å²) < 4.78 is 0. The normalized spacial score (nSPS) is 21.9. The van der Waals surface area contributed by atoms with Crippen molar-refractivity contribution in [2.24, 2.45) is 0 Å². The molecule has 0 radical (unpaired) electrons. The van der Waals surface area contributed by atoms with Crippen molar-refractivity contribution in [3.8, 4) is 0 Å². The van der Waals surface area contributed by atoms with Crippen molar-refractivity contribution >= 4 is 0 Å². The third kappa shape index (κ3) is 3.82. The lowest BCUT2D eigenvalue weighted by atomic mass is 10.1. The highest BCUT2D eigenvalue weighted by atomic mass is 15.1. The molecule has 1 unspecified atom stereocenters. The number of aryl methyl sites for hydroxylation is 2. The SMILES string of the molecule is Cc1[nH]ncc1CCCNC1CCCN(C)C1. The number of hydrogen-bond acceptors (Lipinski definition) is 3. The number of nitrogens with one attached hydrogen (secondary N) is 2. The Hall–Kier alpha value is -0.870. The standard InChI is InChI=1S/C13H24N4/c1-11-12(9-15-16-11)5-3-7-14-13-6-4-8-17(2)10-13/h9,13-14H,3-8,10H2,1-2H3,(H,15,16). The van der Waals surface area contributed by atoms with E-state index in [2.05, 4.69) is 34.4 Å². The maximum Gasteiger partial charge on any atom is 0.0522 e. The first-order chi connectivity index (χ1) is 8.25. The molecule has 2 rings (SSSR count). The van der Waals surface area contributed by atoms with E-state index < -0.39 is 0 Å². The molecular weight excluding hydrogens is 212 g/mol. The fraction of sp³-hybridized carbons (Fsp3) is 0.769. The average Bonchev–Trinajstić information content (AvgIpc) is 2.71. The van der Waals surface area contributed by atoms with Gasteiger partial charge in [0.2, 0.25) is 0 Å². The predicted molar refractivity (Wildman–Crippen MR) is 70.2 cm³/mol. The maximum atomic E-state index is 4.05. The summed E-state index contributed by atoms with van der Waals surface area (Å²) in [5.74, 6) is 0. The second-order valence-corrected chi connectivity index (χ2v) is 5.18. The van der Waals surface area contributed by atoms with E-state index in [1.807, 2.05) is 6.20 Å². The molecule has 4 heteroatoms. The van der Waals surface area contributed by atoms with Gasteiger partial charge in [-0.25, -0.2) is 0 Å². The predicted octanol–water partition coefficient (Wildman–Crippen LogP) is 1.33. The second-order valence-electron chi connectivity index (χ2n) is 5.18. The van der Waals surface area contributed by atoms with E-state index in [-0.39, 0.29) is 0 Å². The largest absolute Gasteiger partial charge is 0.313 e. The molecule has 1 aliphatic rings. The number of rotatable bonds is 5. The Morgan fingerprint density at radius 1 is 1.59 bits per heavy atom. The molecule has 0 bridgehead atoms. The summed E-state index contributed by atoms with van der Waals surface area (Å²) in [7, 11) is 2.21. The molecule has 4 nitrogen and oxygen atoms in total. The molecule has 2 N–H and O–H groups in total. The van der Waals surface area contributed by atoms with Gasteiger partial charge in [-0.1, -0.05) is 0 Å². The third-order valence-electron chi connectivity index (χ3n) is 3.61. The molecule has 1 fully saturated rings. The van der Waals surface area contributed by atoms with Gasteiger partial charge in [-0.3, -0.25) is 5.10 Å². The molecule has 1 saturated heterocycles.